The standard InChI is InChI=1S/C19H25NO5S/c1-14(2)19(21)20(13-18-6-5-11-24-18)12-16-7-9-17(10-8-16)25-26(22,23)15(3)4/h5-11,14-15H,12-13H2,1-4H3. The minimum atomic E-state index is -3.62. The van der Waals surface area contributed by atoms with Crippen LogP contribution in [0, 0.1) is 5.92 Å². The first-order chi connectivity index (χ1) is 12.2. The lowest BCUT2D eigenvalue weighted by Crippen LogP contribution is -2.33. The number of carbonyl (C=O) groups is 1. The Balaban J connectivity index is 2.11. The summed E-state index contributed by atoms with van der Waals surface area (Å²) in [4.78, 5) is 14.2. The smallest absolute Gasteiger partial charge is 0.311 e. The maximum absolute atomic E-state index is 12.5. The largest absolute Gasteiger partial charge is 0.467 e. The fourth-order valence-electron chi connectivity index (χ4n) is 2.27. The SMILES string of the molecule is CC(C)C(=O)N(Cc1ccc(OS(=O)(=O)C(C)C)cc1)Cc1ccco1. The van der Waals surface area contributed by atoms with Gasteiger partial charge in [0, 0.05) is 12.5 Å². The summed E-state index contributed by atoms with van der Waals surface area (Å²) >= 11 is 0. The van der Waals surface area contributed by atoms with Crippen LogP contribution in [0.1, 0.15) is 39.0 Å². The molecule has 26 heavy (non-hydrogen) atoms. The monoisotopic (exact) mass is 379 g/mol. The fraction of sp³-hybridized carbons (Fsp3) is 0.421. The van der Waals surface area contributed by atoms with Crippen LogP contribution in [0.5, 0.6) is 5.75 Å². The van der Waals surface area contributed by atoms with Gasteiger partial charge in [-0.3, -0.25) is 4.79 Å². The van der Waals surface area contributed by atoms with Crippen LogP contribution in [0.25, 0.3) is 0 Å². The quantitative estimate of drug-likeness (QED) is 0.655. The number of hydrogen-bond donors (Lipinski definition) is 0. The van der Waals surface area contributed by atoms with Gasteiger partial charge in [0.2, 0.25) is 5.91 Å². The number of carbonyl (C=O) groups excluding carboxylic acids is 1. The van der Waals surface area contributed by atoms with Gasteiger partial charge in [-0.05, 0) is 43.7 Å². The predicted molar refractivity (Wildman–Crippen MR) is 98.9 cm³/mol. The van der Waals surface area contributed by atoms with E-state index in [1.165, 1.54) is 0 Å². The Morgan fingerprint density at radius 3 is 2.23 bits per heavy atom. The predicted octanol–water partition coefficient (Wildman–Crippen LogP) is 3.58. The third-order valence-corrected chi connectivity index (χ3v) is 5.40. The van der Waals surface area contributed by atoms with Gasteiger partial charge in [0.1, 0.15) is 11.5 Å². The van der Waals surface area contributed by atoms with E-state index in [-0.39, 0.29) is 17.6 Å². The van der Waals surface area contributed by atoms with Crippen LogP contribution in [0.4, 0.5) is 0 Å². The van der Waals surface area contributed by atoms with Crippen molar-refractivity contribution in [1.82, 2.24) is 4.90 Å². The van der Waals surface area contributed by atoms with Crippen molar-refractivity contribution in [3.05, 3.63) is 54.0 Å². The maximum Gasteiger partial charge on any atom is 0.311 e. The van der Waals surface area contributed by atoms with Gasteiger partial charge in [0.15, 0.2) is 0 Å². The molecule has 0 saturated heterocycles. The Morgan fingerprint density at radius 2 is 1.73 bits per heavy atom. The molecule has 0 bridgehead atoms. The van der Waals surface area contributed by atoms with Crippen LogP contribution in [0.15, 0.2) is 47.1 Å². The molecule has 0 saturated carbocycles. The topological polar surface area (TPSA) is 76.8 Å². The van der Waals surface area contributed by atoms with Crippen molar-refractivity contribution in [2.45, 2.75) is 46.0 Å². The van der Waals surface area contributed by atoms with Crippen LogP contribution in [0.3, 0.4) is 0 Å². The van der Waals surface area contributed by atoms with Gasteiger partial charge in [0.05, 0.1) is 18.1 Å². The van der Waals surface area contributed by atoms with Gasteiger partial charge in [-0.15, -0.1) is 0 Å². The summed E-state index contributed by atoms with van der Waals surface area (Å²) in [6.45, 7) is 7.61. The van der Waals surface area contributed by atoms with E-state index in [1.54, 1.807) is 55.3 Å². The second-order valence-electron chi connectivity index (χ2n) is 6.70. The average Bonchev–Trinajstić information content (AvgIpc) is 3.08. The van der Waals surface area contributed by atoms with E-state index in [2.05, 4.69) is 0 Å². The molecule has 1 aromatic carbocycles. The molecule has 0 spiro atoms. The van der Waals surface area contributed by atoms with E-state index < -0.39 is 15.4 Å². The van der Waals surface area contributed by atoms with Gasteiger partial charge in [0.25, 0.3) is 0 Å². The molecule has 2 rings (SSSR count). The highest BCUT2D eigenvalue weighted by Crippen LogP contribution is 2.19. The van der Waals surface area contributed by atoms with E-state index in [4.69, 9.17) is 8.60 Å². The van der Waals surface area contributed by atoms with Gasteiger partial charge in [-0.1, -0.05) is 26.0 Å². The second kappa shape index (κ2) is 8.40. The van der Waals surface area contributed by atoms with Crippen LogP contribution >= 0.6 is 0 Å². The zero-order valence-electron chi connectivity index (χ0n) is 15.5. The summed E-state index contributed by atoms with van der Waals surface area (Å²) in [5, 5.41) is -0.616. The van der Waals surface area contributed by atoms with Crippen molar-refractivity contribution in [2.24, 2.45) is 5.92 Å². The Morgan fingerprint density at radius 1 is 1.08 bits per heavy atom. The van der Waals surface area contributed by atoms with E-state index in [1.807, 2.05) is 19.9 Å². The lowest BCUT2D eigenvalue weighted by atomic mass is 10.1. The van der Waals surface area contributed by atoms with Crippen LogP contribution in [-0.4, -0.2) is 24.5 Å². The van der Waals surface area contributed by atoms with Crippen molar-refractivity contribution >= 4 is 16.0 Å². The highest BCUT2D eigenvalue weighted by molar-refractivity contribution is 7.87. The molecule has 2 aromatic rings. The Bertz CT molecular complexity index is 808. The van der Waals surface area contributed by atoms with Crippen molar-refractivity contribution in [1.29, 1.82) is 0 Å². The van der Waals surface area contributed by atoms with Crippen molar-refractivity contribution in [3.63, 3.8) is 0 Å². The molecule has 0 aliphatic rings. The number of furan rings is 1. The lowest BCUT2D eigenvalue weighted by molar-refractivity contribution is -0.136. The van der Waals surface area contributed by atoms with Crippen LogP contribution in [0.2, 0.25) is 0 Å². The van der Waals surface area contributed by atoms with E-state index in [0.29, 0.717) is 18.8 Å². The maximum atomic E-state index is 12.5. The molecule has 0 unspecified atom stereocenters. The summed E-state index contributed by atoms with van der Waals surface area (Å²) in [6, 6.07) is 10.3. The van der Waals surface area contributed by atoms with E-state index in [0.717, 1.165) is 5.56 Å². The summed E-state index contributed by atoms with van der Waals surface area (Å²) in [5.74, 6) is 0.852. The Hall–Kier alpha value is -2.28. The average molecular weight is 379 g/mol. The van der Waals surface area contributed by atoms with Crippen LogP contribution < -0.4 is 4.18 Å². The summed E-state index contributed by atoms with van der Waals surface area (Å²) in [7, 11) is -3.62. The van der Waals surface area contributed by atoms with Gasteiger partial charge < -0.3 is 13.5 Å². The zero-order chi connectivity index (χ0) is 19.3. The fourth-order valence-corrected chi connectivity index (χ4v) is 2.84. The van der Waals surface area contributed by atoms with E-state index in [9.17, 15) is 13.2 Å². The van der Waals surface area contributed by atoms with E-state index >= 15 is 0 Å². The van der Waals surface area contributed by atoms with Crippen molar-refractivity contribution in [3.8, 4) is 5.75 Å². The van der Waals surface area contributed by atoms with Gasteiger partial charge >= 0.3 is 10.1 Å². The molecule has 142 valence electrons. The normalized spacial score (nSPS) is 11.8. The zero-order valence-corrected chi connectivity index (χ0v) is 16.3. The molecular weight excluding hydrogens is 354 g/mol. The molecule has 0 aliphatic heterocycles. The molecule has 0 atom stereocenters. The molecule has 1 amide bonds. The molecule has 0 N–H and O–H groups in total. The minimum absolute atomic E-state index is 0.0177. The number of hydrogen-bond acceptors (Lipinski definition) is 5. The van der Waals surface area contributed by atoms with Crippen molar-refractivity contribution < 1.29 is 21.8 Å². The third kappa shape index (κ3) is 5.36. The molecule has 0 fully saturated rings. The number of benzene rings is 1. The molecule has 7 heteroatoms. The molecule has 0 aliphatic carbocycles. The molecule has 1 heterocycles. The first-order valence-corrected chi connectivity index (χ1v) is 9.99. The summed E-state index contributed by atoms with van der Waals surface area (Å²) in [5.41, 5.74) is 0.875. The Kier molecular flexibility index (Phi) is 6.47. The van der Waals surface area contributed by atoms with Crippen LogP contribution in [-0.2, 0) is 28.0 Å². The molecule has 6 nitrogen and oxygen atoms in total. The summed E-state index contributed by atoms with van der Waals surface area (Å²) < 4.78 is 34.1. The summed E-state index contributed by atoms with van der Waals surface area (Å²) in [6.07, 6.45) is 1.58. The minimum Gasteiger partial charge on any atom is -0.467 e. The lowest BCUT2D eigenvalue weighted by Gasteiger charge is -2.24. The highest BCUT2D eigenvalue weighted by atomic mass is 32.2. The molecule has 0 radical (unpaired) electrons. The van der Waals surface area contributed by atoms with Gasteiger partial charge in [-0.25, -0.2) is 0 Å². The first kappa shape index (κ1) is 20.0. The number of nitrogens with zero attached hydrogens (tertiary/aromatic N) is 1. The third-order valence-electron chi connectivity index (χ3n) is 3.82. The second-order valence-corrected chi connectivity index (χ2v) is 8.79. The Labute approximate surface area is 154 Å². The van der Waals surface area contributed by atoms with Gasteiger partial charge in [-0.2, -0.15) is 8.42 Å². The highest BCUT2D eigenvalue weighted by Gasteiger charge is 2.20. The number of amides is 1. The first-order valence-electron chi connectivity index (χ1n) is 8.52. The molecule has 1 aromatic heterocycles. The number of rotatable bonds is 8. The van der Waals surface area contributed by atoms with Crippen molar-refractivity contribution in [2.75, 3.05) is 0 Å². The molecular formula is C19H25NO5S.